The zero-order valence-electron chi connectivity index (χ0n) is 18.6. The maximum absolute atomic E-state index is 13.2. The van der Waals surface area contributed by atoms with Gasteiger partial charge in [0.2, 0.25) is 0 Å². The average Bonchev–Trinajstić information content (AvgIpc) is 3.47. The van der Waals surface area contributed by atoms with Gasteiger partial charge < -0.3 is 4.90 Å². The zero-order chi connectivity index (χ0) is 22.3. The van der Waals surface area contributed by atoms with Gasteiger partial charge in [0.15, 0.2) is 5.65 Å². The highest BCUT2D eigenvalue weighted by Gasteiger charge is 2.33. The van der Waals surface area contributed by atoms with E-state index in [1.165, 1.54) is 53.9 Å². The zero-order valence-corrected chi connectivity index (χ0v) is 20.3. The van der Waals surface area contributed by atoms with E-state index in [9.17, 15) is 8.42 Å². The monoisotopic (exact) mass is 470 g/mol. The van der Waals surface area contributed by atoms with Crippen molar-refractivity contribution in [1.82, 2.24) is 13.9 Å². The van der Waals surface area contributed by atoms with Crippen molar-refractivity contribution in [3.05, 3.63) is 48.4 Å². The molecule has 170 valence electrons. The summed E-state index contributed by atoms with van der Waals surface area (Å²) in [5.74, 6) is 5.15. The second kappa shape index (κ2) is 8.71. The van der Waals surface area contributed by atoms with Crippen LogP contribution in [0.25, 0.3) is 11.0 Å². The first kappa shape index (κ1) is 21.8. The van der Waals surface area contributed by atoms with E-state index in [2.05, 4.69) is 33.7 Å². The SMILES string of the molecule is Cc1ccc(S(=O)(=O)n2ccc3c(N(C)[C@H]4C[C@@H](CSCCC5CC5)C4)ncnc32)cc1. The van der Waals surface area contributed by atoms with Crippen LogP contribution >= 0.6 is 11.8 Å². The first-order valence-corrected chi connectivity index (χ1v) is 14.0. The highest BCUT2D eigenvalue weighted by Crippen LogP contribution is 2.38. The predicted octanol–water partition coefficient (Wildman–Crippen LogP) is 4.72. The Hall–Kier alpha value is -2.06. The van der Waals surface area contributed by atoms with E-state index < -0.39 is 10.0 Å². The Labute approximate surface area is 194 Å². The molecule has 2 saturated carbocycles. The number of nitrogens with zero attached hydrogens (tertiary/aromatic N) is 4. The number of aromatic nitrogens is 3. The largest absolute Gasteiger partial charge is 0.356 e. The van der Waals surface area contributed by atoms with Gasteiger partial charge in [0.1, 0.15) is 12.1 Å². The quantitative estimate of drug-likeness (QED) is 0.421. The van der Waals surface area contributed by atoms with Crippen molar-refractivity contribution in [3.63, 3.8) is 0 Å². The molecule has 32 heavy (non-hydrogen) atoms. The number of fused-ring (bicyclic) bond motifs is 1. The minimum absolute atomic E-state index is 0.259. The molecule has 6 nitrogen and oxygen atoms in total. The van der Waals surface area contributed by atoms with Crippen LogP contribution in [-0.2, 0) is 10.0 Å². The number of thioether (sulfide) groups is 1. The van der Waals surface area contributed by atoms with Crippen LogP contribution < -0.4 is 4.90 Å². The Bertz CT molecular complexity index is 1200. The third-order valence-electron chi connectivity index (χ3n) is 6.82. The molecule has 2 aliphatic carbocycles. The van der Waals surface area contributed by atoms with Gasteiger partial charge in [-0.05, 0) is 67.7 Å². The van der Waals surface area contributed by atoms with Crippen molar-refractivity contribution in [1.29, 1.82) is 0 Å². The Morgan fingerprint density at radius 2 is 1.84 bits per heavy atom. The maximum Gasteiger partial charge on any atom is 0.269 e. The molecule has 0 aliphatic heterocycles. The van der Waals surface area contributed by atoms with Gasteiger partial charge in [-0.1, -0.05) is 30.5 Å². The van der Waals surface area contributed by atoms with Crippen LogP contribution in [0.1, 0.15) is 37.7 Å². The van der Waals surface area contributed by atoms with Gasteiger partial charge in [-0.15, -0.1) is 0 Å². The number of aryl methyl sites for hydroxylation is 1. The molecule has 0 N–H and O–H groups in total. The molecule has 0 saturated heterocycles. The standard InChI is InChI=1S/C24H30N4O2S2/c1-17-3-7-21(8-4-17)32(29,30)28-11-9-22-23(25-16-26-24(22)28)27(2)20-13-19(14-20)15-31-12-10-18-5-6-18/h3-4,7-9,11,16,18-20H,5-6,10,12-15H2,1-2H3/t19-,20+. The van der Waals surface area contributed by atoms with Crippen molar-refractivity contribution < 1.29 is 8.42 Å². The van der Waals surface area contributed by atoms with Crippen LogP contribution in [0.4, 0.5) is 5.82 Å². The molecule has 5 rings (SSSR count). The fraction of sp³-hybridized carbons (Fsp3) is 0.500. The van der Waals surface area contributed by atoms with Crippen molar-refractivity contribution in [3.8, 4) is 0 Å². The maximum atomic E-state index is 13.2. The van der Waals surface area contributed by atoms with E-state index >= 15 is 0 Å². The van der Waals surface area contributed by atoms with E-state index in [0.717, 1.165) is 28.6 Å². The molecule has 0 atom stereocenters. The van der Waals surface area contributed by atoms with E-state index in [0.29, 0.717) is 11.7 Å². The summed E-state index contributed by atoms with van der Waals surface area (Å²) < 4.78 is 27.7. The summed E-state index contributed by atoms with van der Waals surface area (Å²) in [4.78, 5) is 11.3. The van der Waals surface area contributed by atoms with E-state index in [4.69, 9.17) is 0 Å². The van der Waals surface area contributed by atoms with Crippen molar-refractivity contribution in [2.45, 2.75) is 50.0 Å². The van der Waals surface area contributed by atoms with Gasteiger partial charge in [0.25, 0.3) is 10.0 Å². The second-order valence-corrected chi connectivity index (χ2v) is 12.2. The summed E-state index contributed by atoms with van der Waals surface area (Å²) in [6, 6.07) is 9.16. The molecule has 2 aromatic heterocycles. The number of benzene rings is 1. The molecule has 8 heteroatoms. The number of hydrogen-bond donors (Lipinski definition) is 0. The van der Waals surface area contributed by atoms with Gasteiger partial charge in [-0.2, -0.15) is 11.8 Å². The van der Waals surface area contributed by atoms with Crippen molar-refractivity contribution >= 4 is 38.6 Å². The minimum Gasteiger partial charge on any atom is -0.356 e. The minimum atomic E-state index is -3.71. The highest BCUT2D eigenvalue weighted by atomic mass is 32.2. The van der Waals surface area contributed by atoms with Gasteiger partial charge in [-0.25, -0.2) is 22.4 Å². The van der Waals surface area contributed by atoms with Gasteiger partial charge in [0, 0.05) is 19.3 Å². The lowest BCUT2D eigenvalue weighted by Gasteiger charge is -2.41. The van der Waals surface area contributed by atoms with Gasteiger partial charge in [0.05, 0.1) is 10.3 Å². The summed E-state index contributed by atoms with van der Waals surface area (Å²) in [6.45, 7) is 1.94. The third kappa shape index (κ3) is 4.27. The van der Waals surface area contributed by atoms with Crippen molar-refractivity contribution in [2.24, 2.45) is 11.8 Å². The fourth-order valence-corrected chi connectivity index (χ4v) is 7.02. The van der Waals surface area contributed by atoms with E-state index in [-0.39, 0.29) is 4.90 Å². The second-order valence-electron chi connectivity index (χ2n) is 9.27. The Balaban J connectivity index is 1.29. The molecule has 0 radical (unpaired) electrons. The number of hydrogen-bond acceptors (Lipinski definition) is 6. The Morgan fingerprint density at radius 1 is 1.09 bits per heavy atom. The van der Waals surface area contributed by atoms with Crippen LogP contribution in [0.3, 0.4) is 0 Å². The van der Waals surface area contributed by atoms with Gasteiger partial charge in [-0.3, -0.25) is 0 Å². The van der Waals surface area contributed by atoms with E-state index in [1.807, 2.05) is 25.1 Å². The van der Waals surface area contributed by atoms with Crippen LogP contribution in [0.2, 0.25) is 0 Å². The molecule has 2 fully saturated rings. The highest BCUT2D eigenvalue weighted by molar-refractivity contribution is 7.99. The fourth-order valence-electron chi connectivity index (χ4n) is 4.45. The summed E-state index contributed by atoms with van der Waals surface area (Å²) >= 11 is 2.11. The van der Waals surface area contributed by atoms with Crippen molar-refractivity contribution in [2.75, 3.05) is 23.5 Å². The normalized spacial score (nSPS) is 20.9. The summed E-state index contributed by atoms with van der Waals surface area (Å²) in [5, 5.41) is 0.771. The molecule has 0 spiro atoms. The first-order chi connectivity index (χ1) is 15.4. The Morgan fingerprint density at radius 3 is 2.56 bits per heavy atom. The Kier molecular flexibility index (Phi) is 5.92. The lowest BCUT2D eigenvalue weighted by molar-refractivity contribution is 0.286. The molecule has 0 unspecified atom stereocenters. The summed E-state index contributed by atoms with van der Waals surface area (Å²) in [5.41, 5.74) is 1.45. The summed E-state index contributed by atoms with van der Waals surface area (Å²) in [7, 11) is -1.65. The van der Waals surface area contributed by atoms with E-state index in [1.54, 1.807) is 18.3 Å². The van der Waals surface area contributed by atoms with Crippen LogP contribution in [0.5, 0.6) is 0 Å². The molecule has 3 aromatic rings. The molecular weight excluding hydrogens is 440 g/mol. The van der Waals surface area contributed by atoms with Gasteiger partial charge >= 0.3 is 0 Å². The molecule has 2 aliphatic rings. The lowest BCUT2D eigenvalue weighted by atomic mass is 9.81. The van der Waals surface area contributed by atoms with Crippen LogP contribution in [0, 0.1) is 18.8 Å². The van der Waals surface area contributed by atoms with Crippen LogP contribution in [-0.4, -0.2) is 47.0 Å². The topological polar surface area (TPSA) is 68.1 Å². The summed E-state index contributed by atoms with van der Waals surface area (Å²) in [6.07, 6.45) is 9.67. The number of anilines is 1. The third-order valence-corrected chi connectivity index (χ3v) is 9.73. The predicted molar refractivity (Wildman–Crippen MR) is 131 cm³/mol. The average molecular weight is 471 g/mol. The molecule has 0 bridgehead atoms. The molecule has 2 heterocycles. The molecule has 1 aromatic carbocycles. The lowest BCUT2D eigenvalue weighted by Crippen LogP contribution is -2.44. The molecular formula is C24H30N4O2S2. The van der Waals surface area contributed by atoms with Crippen LogP contribution in [0.15, 0.2) is 47.8 Å². The smallest absolute Gasteiger partial charge is 0.269 e. The molecule has 0 amide bonds. The first-order valence-electron chi connectivity index (χ1n) is 11.4. The number of rotatable bonds is 9.